The number of hydrogen-bond donors (Lipinski definition) is 2. The summed E-state index contributed by atoms with van der Waals surface area (Å²) in [5, 5.41) is 6.40. The van der Waals surface area contributed by atoms with Gasteiger partial charge in [0.15, 0.2) is 6.61 Å². The number of aryl methyl sites for hydroxylation is 1. The van der Waals surface area contributed by atoms with E-state index in [1.807, 2.05) is 67.6 Å². The van der Waals surface area contributed by atoms with Gasteiger partial charge in [-0.05, 0) is 73.6 Å². The number of nitrogens with zero attached hydrogens (tertiary/aromatic N) is 1. The van der Waals surface area contributed by atoms with E-state index in [1.165, 1.54) is 0 Å². The predicted octanol–water partition coefficient (Wildman–Crippen LogP) is 5.17. The van der Waals surface area contributed by atoms with E-state index >= 15 is 0 Å². The minimum Gasteiger partial charge on any atom is -0.497 e. The molecular weight excluding hydrogens is 558 g/mol. The summed E-state index contributed by atoms with van der Waals surface area (Å²) in [5.74, 6) is 2.62. The van der Waals surface area contributed by atoms with Crippen LogP contribution in [0.2, 0.25) is 0 Å². The fraction of sp³-hybridized carbons (Fsp3) is 0.429. The Bertz CT molecular complexity index is 1380. The molecule has 0 aromatic heterocycles. The highest BCUT2D eigenvalue weighted by atomic mass is 16.5. The summed E-state index contributed by atoms with van der Waals surface area (Å²) in [5.41, 5.74) is 4.06. The third kappa shape index (κ3) is 9.13. The molecule has 1 saturated heterocycles. The summed E-state index contributed by atoms with van der Waals surface area (Å²) >= 11 is 0. The van der Waals surface area contributed by atoms with Gasteiger partial charge in [-0.3, -0.25) is 9.59 Å². The Hall–Kier alpha value is -4.24. The molecule has 1 aliphatic heterocycles. The van der Waals surface area contributed by atoms with Crippen molar-refractivity contribution >= 4 is 11.8 Å². The van der Waals surface area contributed by atoms with Crippen molar-refractivity contribution in [1.29, 1.82) is 0 Å². The Balaban J connectivity index is 1.36. The van der Waals surface area contributed by atoms with Gasteiger partial charge in [-0.25, -0.2) is 0 Å². The number of amides is 2. The summed E-state index contributed by atoms with van der Waals surface area (Å²) in [6.45, 7) is 6.80. The van der Waals surface area contributed by atoms with E-state index in [0.717, 1.165) is 58.8 Å². The van der Waals surface area contributed by atoms with Crippen molar-refractivity contribution < 1.29 is 28.5 Å². The topological polar surface area (TPSA) is 98.4 Å². The number of rotatable bonds is 15. The van der Waals surface area contributed by atoms with E-state index in [4.69, 9.17) is 18.9 Å². The Morgan fingerprint density at radius 3 is 2.41 bits per heavy atom. The lowest BCUT2D eigenvalue weighted by Gasteiger charge is -2.30. The summed E-state index contributed by atoms with van der Waals surface area (Å²) in [6.07, 6.45) is 3.33. The first-order valence-electron chi connectivity index (χ1n) is 15.3. The SMILES string of the molecule is CCCOc1ccc(CN(C(=O)COc2ccc(CNCc3ccc(OC)cc3OC)cc2)C2CCCCNC2=O)cc1C. The van der Waals surface area contributed by atoms with Crippen molar-refractivity contribution in [3.8, 4) is 23.0 Å². The highest BCUT2D eigenvalue weighted by Gasteiger charge is 2.31. The van der Waals surface area contributed by atoms with E-state index in [2.05, 4.69) is 17.6 Å². The molecular formula is C35H45N3O6. The first-order chi connectivity index (χ1) is 21.4. The van der Waals surface area contributed by atoms with Gasteiger partial charge in [0.2, 0.25) is 5.91 Å². The largest absolute Gasteiger partial charge is 0.497 e. The van der Waals surface area contributed by atoms with Crippen LogP contribution >= 0.6 is 0 Å². The molecule has 1 heterocycles. The van der Waals surface area contributed by atoms with Crippen molar-refractivity contribution in [1.82, 2.24) is 15.5 Å². The summed E-state index contributed by atoms with van der Waals surface area (Å²) in [7, 11) is 3.28. The van der Waals surface area contributed by atoms with Crippen LogP contribution in [-0.4, -0.2) is 56.7 Å². The van der Waals surface area contributed by atoms with Crippen LogP contribution in [0.3, 0.4) is 0 Å². The molecule has 1 fully saturated rings. The third-order valence-electron chi connectivity index (χ3n) is 7.68. The second-order valence-corrected chi connectivity index (χ2v) is 11.0. The third-order valence-corrected chi connectivity index (χ3v) is 7.68. The first-order valence-corrected chi connectivity index (χ1v) is 15.3. The van der Waals surface area contributed by atoms with Gasteiger partial charge in [0.25, 0.3) is 5.91 Å². The van der Waals surface area contributed by atoms with Gasteiger partial charge in [-0.2, -0.15) is 0 Å². The molecule has 1 atom stereocenters. The second kappa shape index (κ2) is 16.6. The maximum atomic E-state index is 13.6. The number of carbonyl (C=O) groups excluding carboxylic acids is 2. The van der Waals surface area contributed by atoms with Crippen LogP contribution in [0, 0.1) is 6.92 Å². The van der Waals surface area contributed by atoms with E-state index < -0.39 is 6.04 Å². The molecule has 0 saturated carbocycles. The Labute approximate surface area is 260 Å². The number of nitrogens with one attached hydrogen (secondary N) is 2. The molecule has 44 heavy (non-hydrogen) atoms. The smallest absolute Gasteiger partial charge is 0.261 e. The number of carbonyl (C=O) groups is 2. The molecule has 9 nitrogen and oxygen atoms in total. The molecule has 2 N–H and O–H groups in total. The molecule has 2 amide bonds. The average molecular weight is 604 g/mol. The van der Waals surface area contributed by atoms with Crippen molar-refractivity contribution in [2.45, 2.75) is 65.2 Å². The molecule has 236 valence electrons. The van der Waals surface area contributed by atoms with Gasteiger partial charge >= 0.3 is 0 Å². The lowest BCUT2D eigenvalue weighted by molar-refractivity contribution is -0.142. The van der Waals surface area contributed by atoms with Crippen LogP contribution < -0.4 is 29.6 Å². The maximum Gasteiger partial charge on any atom is 0.261 e. The van der Waals surface area contributed by atoms with Crippen molar-refractivity contribution in [3.05, 3.63) is 82.9 Å². The zero-order valence-corrected chi connectivity index (χ0v) is 26.3. The standard InChI is InChI=1S/C35H45N3O6/c1-5-18-43-32-16-11-27(19-25(32)2)23-38(31-8-6-7-17-37-35(31)40)34(39)24-44-29-13-9-26(10-14-29)21-36-22-28-12-15-30(41-3)20-33(28)42-4/h9-16,19-20,31,36H,5-8,17-18,21-24H2,1-4H3,(H,37,40). The van der Waals surface area contributed by atoms with Gasteiger partial charge in [-0.15, -0.1) is 0 Å². The van der Waals surface area contributed by atoms with Crippen molar-refractivity contribution in [2.75, 3.05) is 34.0 Å². The zero-order valence-electron chi connectivity index (χ0n) is 26.3. The van der Waals surface area contributed by atoms with E-state index in [-0.39, 0.29) is 18.4 Å². The molecule has 0 radical (unpaired) electrons. The van der Waals surface area contributed by atoms with Crippen molar-refractivity contribution in [2.24, 2.45) is 0 Å². The van der Waals surface area contributed by atoms with Crippen molar-refractivity contribution in [3.63, 3.8) is 0 Å². The Morgan fingerprint density at radius 2 is 1.68 bits per heavy atom. The zero-order chi connectivity index (χ0) is 31.3. The van der Waals surface area contributed by atoms with Crippen LogP contribution in [0.5, 0.6) is 23.0 Å². The second-order valence-electron chi connectivity index (χ2n) is 11.0. The number of ether oxygens (including phenoxy) is 4. The molecule has 0 aliphatic carbocycles. The highest BCUT2D eigenvalue weighted by molar-refractivity contribution is 5.88. The average Bonchev–Trinajstić information content (AvgIpc) is 3.26. The normalized spacial score (nSPS) is 14.7. The van der Waals surface area contributed by atoms with Gasteiger partial charge in [0.1, 0.15) is 29.0 Å². The molecule has 1 aliphatic rings. The number of benzene rings is 3. The molecule has 4 rings (SSSR count). The van der Waals surface area contributed by atoms with Crippen LogP contribution in [0.4, 0.5) is 0 Å². The minimum absolute atomic E-state index is 0.111. The molecule has 9 heteroatoms. The minimum atomic E-state index is -0.539. The molecule has 0 spiro atoms. The quantitative estimate of drug-likeness (QED) is 0.247. The first kappa shape index (κ1) is 32.7. The Kier molecular flexibility index (Phi) is 12.3. The molecule has 1 unspecified atom stereocenters. The van der Waals surface area contributed by atoms with E-state index in [9.17, 15) is 9.59 Å². The van der Waals surface area contributed by atoms with Crippen LogP contribution in [0.25, 0.3) is 0 Å². The van der Waals surface area contributed by atoms with Gasteiger partial charge in [0, 0.05) is 37.8 Å². The number of methoxy groups -OCH3 is 2. The summed E-state index contributed by atoms with van der Waals surface area (Å²) in [6, 6.07) is 18.8. The fourth-order valence-electron chi connectivity index (χ4n) is 5.24. The monoisotopic (exact) mass is 603 g/mol. The van der Waals surface area contributed by atoms with Crippen LogP contribution in [-0.2, 0) is 29.2 Å². The van der Waals surface area contributed by atoms with Crippen LogP contribution in [0.15, 0.2) is 60.7 Å². The summed E-state index contributed by atoms with van der Waals surface area (Å²) < 4.78 is 22.5. The lowest BCUT2D eigenvalue weighted by Crippen LogP contribution is -2.49. The predicted molar refractivity (Wildman–Crippen MR) is 170 cm³/mol. The van der Waals surface area contributed by atoms with Gasteiger partial charge in [0.05, 0.1) is 20.8 Å². The summed E-state index contributed by atoms with van der Waals surface area (Å²) in [4.78, 5) is 28.2. The van der Waals surface area contributed by atoms with Gasteiger partial charge < -0.3 is 34.5 Å². The molecule has 3 aromatic rings. The number of hydrogen-bond acceptors (Lipinski definition) is 7. The maximum absolute atomic E-state index is 13.6. The van der Waals surface area contributed by atoms with E-state index in [0.29, 0.717) is 45.0 Å². The molecule has 0 bridgehead atoms. The fourth-order valence-corrected chi connectivity index (χ4v) is 5.24. The van der Waals surface area contributed by atoms with Crippen LogP contribution in [0.1, 0.15) is 54.9 Å². The van der Waals surface area contributed by atoms with Gasteiger partial charge in [-0.1, -0.05) is 37.3 Å². The lowest BCUT2D eigenvalue weighted by atomic mass is 10.1. The van der Waals surface area contributed by atoms with E-state index in [1.54, 1.807) is 19.1 Å². The highest BCUT2D eigenvalue weighted by Crippen LogP contribution is 2.25. The molecule has 3 aromatic carbocycles. The Morgan fingerprint density at radius 1 is 0.909 bits per heavy atom.